The summed E-state index contributed by atoms with van der Waals surface area (Å²) in [5.74, 6) is -0.955. The second-order valence-electron chi connectivity index (χ2n) is 5.77. The van der Waals surface area contributed by atoms with Gasteiger partial charge in [-0.05, 0) is 11.5 Å². The quantitative estimate of drug-likeness (QED) is 0.898. The van der Waals surface area contributed by atoms with E-state index in [0.29, 0.717) is 0 Å². The Bertz CT molecular complexity index is 601. The Balaban J connectivity index is 1.92. The van der Waals surface area contributed by atoms with Crippen LogP contribution in [0.1, 0.15) is 24.9 Å². The first-order valence-corrected chi connectivity index (χ1v) is 7.40. The standard InChI is InChI=1S/C16H18N2O4/c1-10-9-12(19)17-14(11-5-3-2-4-6-11)13(10)15(20)18-7-8-22-16(18)21/h2-6,10,13-14H,7-9H2,1H3,(H,17,19)/t10-,13+,14-/m1/s1. The van der Waals surface area contributed by atoms with Gasteiger partial charge in [0.05, 0.1) is 18.5 Å². The largest absolute Gasteiger partial charge is 0.447 e. The Hall–Kier alpha value is -2.37. The fourth-order valence-corrected chi connectivity index (χ4v) is 3.18. The zero-order valence-electron chi connectivity index (χ0n) is 12.3. The highest BCUT2D eigenvalue weighted by Gasteiger charge is 2.44. The molecule has 2 saturated heterocycles. The summed E-state index contributed by atoms with van der Waals surface area (Å²) >= 11 is 0. The zero-order chi connectivity index (χ0) is 15.7. The number of cyclic esters (lactones) is 1. The summed E-state index contributed by atoms with van der Waals surface area (Å²) in [6, 6.07) is 8.96. The van der Waals surface area contributed by atoms with Crippen LogP contribution in [0.15, 0.2) is 30.3 Å². The number of rotatable bonds is 2. The van der Waals surface area contributed by atoms with Crippen LogP contribution in [-0.4, -0.2) is 36.0 Å². The second-order valence-corrected chi connectivity index (χ2v) is 5.77. The molecule has 116 valence electrons. The summed E-state index contributed by atoms with van der Waals surface area (Å²) in [6.07, 6.45) is -0.316. The molecule has 0 aliphatic carbocycles. The smallest absolute Gasteiger partial charge is 0.416 e. The molecule has 6 nitrogen and oxygen atoms in total. The van der Waals surface area contributed by atoms with Crippen molar-refractivity contribution in [1.82, 2.24) is 10.2 Å². The van der Waals surface area contributed by atoms with Crippen LogP contribution in [0.4, 0.5) is 4.79 Å². The van der Waals surface area contributed by atoms with Crippen molar-refractivity contribution < 1.29 is 19.1 Å². The number of hydrogen-bond donors (Lipinski definition) is 1. The lowest BCUT2D eigenvalue weighted by molar-refractivity contribution is -0.139. The number of nitrogens with zero attached hydrogens (tertiary/aromatic N) is 1. The maximum Gasteiger partial charge on any atom is 0.416 e. The first-order chi connectivity index (χ1) is 10.6. The first-order valence-electron chi connectivity index (χ1n) is 7.40. The molecule has 1 aromatic carbocycles. The van der Waals surface area contributed by atoms with Gasteiger partial charge in [-0.15, -0.1) is 0 Å². The van der Waals surface area contributed by atoms with Crippen LogP contribution >= 0.6 is 0 Å². The molecule has 0 unspecified atom stereocenters. The number of hydrogen-bond acceptors (Lipinski definition) is 4. The molecule has 3 rings (SSSR count). The van der Waals surface area contributed by atoms with E-state index in [1.54, 1.807) is 0 Å². The molecule has 2 fully saturated rings. The van der Waals surface area contributed by atoms with Crippen molar-refractivity contribution in [2.75, 3.05) is 13.2 Å². The fraction of sp³-hybridized carbons (Fsp3) is 0.438. The van der Waals surface area contributed by atoms with Crippen molar-refractivity contribution in [3.63, 3.8) is 0 Å². The Morgan fingerprint density at radius 2 is 2.00 bits per heavy atom. The minimum absolute atomic E-state index is 0.0746. The average molecular weight is 302 g/mol. The Morgan fingerprint density at radius 1 is 1.27 bits per heavy atom. The molecule has 0 radical (unpaired) electrons. The van der Waals surface area contributed by atoms with Crippen molar-refractivity contribution in [2.45, 2.75) is 19.4 Å². The Labute approximate surface area is 128 Å². The molecule has 2 aliphatic heterocycles. The van der Waals surface area contributed by atoms with Gasteiger partial charge in [-0.25, -0.2) is 9.69 Å². The molecule has 3 amide bonds. The number of benzene rings is 1. The lowest BCUT2D eigenvalue weighted by Crippen LogP contribution is -2.50. The summed E-state index contributed by atoms with van der Waals surface area (Å²) in [5.41, 5.74) is 0.869. The van der Waals surface area contributed by atoms with Crippen LogP contribution in [0, 0.1) is 11.8 Å². The number of imide groups is 1. The van der Waals surface area contributed by atoms with E-state index in [0.717, 1.165) is 10.5 Å². The molecular weight excluding hydrogens is 284 g/mol. The highest BCUT2D eigenvalue weighted by atomic mass is 16.6. The lowest BCUT2D eigenvalue weighted by Gasteiger charge is -2.37. The number of carbonyl (C=O) groups excluding carboxylic acids is 3. The Morgan fingerprint density at radius 3 is 2.64 bits per heavy atom. The van der Waals surface area contributed by atoms with E-state index in [-0.39, 0.29) is 37.3 Å². The van der Waals surface area contributed by atoms with Gasteiger partial charge in [0.2, 0.25) is 11.8 Å². The van der Waals surface area contributed by atoms with E-state index in [4.69, 9.17) is 4.74 Å². The van der Waals surface area contributed by atoms with Gasteiger partial charge in [-0.3, -0.25) is 9.59 Å². The van der Waals surface area contributed by atoms with E-state index in [1.807, 2.05) is 37.3 Å². The molecule has 0 saturated carbocycles. The highest BCUT2D eigenvalue weighted by Crippen LogP contribution is 2.35. The van der Waals surface area contributed by atoms with Crippen LogP contribution in [0.2, 0.25) is 0 Å². The van der Waals surface area contributed by atoms with Crippen molar-refractivity contribution >= 4 is 17.9 Å². The molecule has 0 spiro atoms. The van der Waals surface area contributed by atoms with E-state index >= 15 is 0 Å². The van der Waals surface area contributed by atoms with Crippen molar-refractivity contribution in [3.8, 4) is 0 Å². The molecule has 1 aromatic rings. The number of piperidine rings is 1. The molecule has 0 bridgehead atoms. The molecule has 0 aromatic heterocycles. The number of carbonyl (C=O) groups is 3. The third-order valence-corrected chi connectivity index (χ3v) is 4.27. The maximum atomic E-state index is 12.8. The van der Waals surface area contributed by atoms with Crippen LogP contribution in [0.25, 0.3) is 0 Å². The van der Waals surface area contributed by atoms with Gasteiger partial charge < -0.3 is 10.1 Å². The number of nitrogens with one attached hydrogen (secondary N) is 1. The molecule has 22 heavy (non-hydrogen) atoms. The number of amides is 3. The van der Waals surface area contributed by atoms with E-state index in [1.165, 1.54) is 0 Å². The van der Waals surface area contributed by atoms with Crippen LogP contribution in [0.5, 0.6) is 0 Å². The molecule has 2 heterocycles. The summed E-state index contributed by atoms with van der Waals surface area (Å²) < 4.78 is 4.85. The van der Waals surface area contributed by atoms with Crippen molar-refractivity contribution in [1.29, 1.82) is 0 Å². The fourth-order valence-electron chi connectivity index (χ4n) is 3.18. The zero-order valence-corrected chi connectivity index (χ0v) is 12.3. The minimum atomic E-state index is -0.596. The van der Waals surface area contributed by atoms with Gasteiger partial charge in [0.1, 0.15) is 6.61 Å². The summed E-state index contributed by atoms with van der Waals surface area (Å²) in [7, 11) is 0. The molecule has 3 atom stereocenters. The van der Waals surface area contributed by atoms with E-state index < -0.39 is 18.1 Å². The van der Waals surface area contributed by atoms with Crippen LogP contribution in [-0.2, 0) is 14.3 Å². The van der Waals surface area contributed by atoms with Crippen LogP contribution in [0.3, 0.4) is 0 Å². The topological polar surface area (TPSA) is 75.7 Å². The van der Waals surface area contributed by atoms with Gasteiger partial charge >= 0.3 is 6.09 Å². The third kappa shape index (κ3) is 2.56. The summed E-state index contributed by atoms with van der Waals surface area (Å²) in [5, 5.41) is 2.89. The minimum Gasteiger partial charge on any atom is -0.447 e. The summed E-state index contributed by atoms with van der Waals surface area (Å²) in [6.45, 7) is 2.38. The highest BCUT2D eigenvalue weighted by molar-refractivity contribution is 5.96. The molecule has 2 aliphatic rings. The van der Waals surface area contributed by atoms with E-state index in [9.17, 15) is 14.4 Å². The predicted molar refractivity (Wildman–Crippen MR) is 77.7 cm³/mol. The van der Waals surface area contributed by atoms with Crippen molar-refractivity contribution in [3.05, 3.63) is 35.9 Å². The van der Waals surface area contributed by atoms with Gasteiger partial charge in [-0.2, -0.15) is 0 Å². The monoisotopic (exact) mass is 302 g/mol. The second kappa shape index (κ2) is 5.79. The molecular formula is C16H18N2O4. The average Bonchev–Trinajstić information content (AvgIpc) is 2.93. The van der Waals surface area contributed by atoms with Gasteiger partial charge in [0.15, 0.2) is 0 Å². The summed E-state index contributed by atoms with van der Waals surface area (Å²) in [4.78, 5) is 37.5. The Kier molecular flexibility index (Phi) is 3.83. The number of ether oxygens (including phenoxy) is 1. The predicted octanol–water partition coefficient (Wildman–Crippen LogP) is 1.48. The van der Waals surface area contributed by atoms with Gasteiger partial charge in [-0.1, -0.05) is 37.3 Å². The van der Waals surface area contributed by atoms with Crippen LogP contribution < -0.4 is 5.32 Å². The SMILES string of the molecule is C[C@@H]1CC(=O)N[C@H](c2ccccc2)[C@H]1C(=O)N1CCOC1=O. The van der Waals surface area contributed by atoms with E-state index in [2.05, 4.69) is 5.32 Å². The van der Waals surface area contributed by atoms with Gasteiger partial charge in [0, 0.05) is 6.42 Å². The molecule has 6 heteroatoms. The first kappa shape index (κ1) is 14.6. The molecule has 1 N–H and O–H groups in total. The normalized spacial score (nSPS) is 28.2. The third-order valence-electron chi connectivity index (χ3n) is 4.27. The van der Waals surface area contributed by atoms with Gasteiger partial charge in [0.25, 0.3) is 0 Å². The maximum absolute atomic E-state index is 12.8. The van der Waals surface area contributed by atoms with Crippen molar-refractivity contribution in [2.24, 2.45) is 11.8 Å². The lowest BCUT2D eigenvalue weighted by atomic mass is 9.78.